The minimum Gasteiger partial charge on any atom is -0.470 e. The van der Waals surface area contributed by atoms with E-state index in [0.717, 1.165) is 11.8 Å². The molecule has 1 saturated carbocycles. The highest BCUT2D eigenvalue weighted by atomic mass is 16.7. The maximum atomic E-state index is 12.0. The third-order valence-corrected chi connectivity index (χ3v) is 6.49. The van der Waals surface area contributed by atoms with E-state index in [1.54, 1.807) is 6.08 Å². The molecule has 0 spiro atoms. The normalized spacial score (nSPS) is 35.7. The Kier molecular flexibility index (Phi) is 9.55. The lowest BCUT2D eigenvalue weighted by Crippen LogP contribution is -2.58. The molecule has 2 fully saturated rings. The molecule has 1 aliphatic heterocycles. The van der Waals surface area contributed by atoms with Gasteiger partial charge < -0.3 is 44.5 Å². The van der Waals surface area contributed by atoms with E-state index in [2.05, 4.69) is 0 Å². The molecule has 0 bridgehead atoms. The Morgan fingerprint density at radius 2 is 1.86 bits per heavy atom. The van der Waals surface area contributed by atoms with E-state index in [1.165, 1.54) is 12.2 Å². The Hall–Kier alpha value is -2.60. The van der Waals surface area contributed by atoms with Crippen molar-refractivity contribution in [2.75, 3.05) is 13.2 Å². The predicted molar refractivity (Wildman–Crippen MR) is 122 cm³/mol. The van der Waals surface area contributed by atoms with Crippen LogP contribution in [0.5, 0.6) is 0 Å². The van der Waals surface area contributed by atoms with Crippen LogP contribution in [0.3, 0.4) is 0 Å². The van der Waals surface area contributed by atoms with Gasteiger partial charge in [0.05, 0.1) is 31.0 Å². The average molecular weight is 493 g/mol. The zero-order valence-electron chi connectivity index (χ0n) is 19.1. The molecule has 1 aromatic rings. The highest BCUT2D eigenvalue weighted by Gasteiger charge is 2.45. The maximum absolute atomic E-state index is 12.0. The van der Waals surface area contributed by atoms with Crippen LogP contribution in [0.4, 0.5) is 0 Å². The molecule has 0 aromatic heterocycles. The van der Waals surface area contributed by atoms with E-state index in [1.807, 2.05) is 30.3 Å². The van der Waals surface area contributed by atoms with E-state index in [0.29, 0.717) is 12.7 Å². The summed E-state index contributed by atoms with van der Waals surface area (Å²) in [6.45, 7) is -0.492. The van der Waals surface area contributed by atoms with Crippen molar-refractivity contribution >= 4 is 18.3 Å². The van der Waals surface area contributed by atoms with Crippen molar-refractivity contribution in [1.29, 1.82) is 0 Å². The number of carbonyl (C=O) groups is 2. The van der Waals surface area contributed by atoms with Gasteiger partial charge in [0.2, 0.25) is 6.29 Å². The van der Waals surface area contributed by atoms with Crippen LogP contribution in [-0.4, -0.2) is 87.8 Å². The smallest absolute Gasteiger partial charge is 0.330 e. The molecular weight excluding hydrogens is 460 g/mol. The van der Waals surface area contributed by atoms with E-state index in [4.69, 9.17) is 14.2 Å². The monoisotopic (exact) mass is 492 g/mol. The largest absolute Gasteiger partial charge is 0.470 e. The number of aliphatic hydroxyl groups is 5. The van der Waals surface area contributed by atoms with Gasteiger partial charge in [0.15, 0.2) is 0 Å². The topological polar surface area (TPSA) is 163 Å². The van der Waals surface area contributed by atoms with E-state index >= 15 is 0 Å². The SMILES string of the molecule is O=C[C@]1(/C=C\O[C@@H]2O[C@H](CO)[C@@H](O)[C@H](O)[C@H]2O)CC[C@H](COC(=O)/C=C/c2ccccc2)C[C@@H]1O. The van der Waals surface area contributed by atoms with Crippen LogP contribution in [0.1, 0.15) is 24.8 Å². The van der Waals surface area contributed by atoms with Crippen molar-refractivity contribution < 1.29 is 49.3 Å². The predicted octanol–water partition coefficient (Wildman–Crippen LogP) is -0.0805. The van der Waals surface area contributed by atoms with Crippen LogP contribution >= 0.6 is 0 Å². The Labute approximate surface area is 203 Å². The fourth-order valence-corrected chi connectivity index (χ4v) is 4.20. The Morgan fingerprint density at radius 3 is 2.51 bits per heavy atom. The molecule has 1 saturated heterocycles. The van der Waals surface area contributed by atoms with Gasteiger partial charge >= 0.3 is 5.97 Å². The molecule has 5 N–H and O–H groups in total. The number of hydrogen-bond acceptors (Lipinski definition) is 10. The number of ether oxygens (including phenoxy) is 3. The quantitative estimate of drug-likeness (QED) is 0.136. The van der Waals surface area contributed by atoms with Crippen LogP contribution in [0.25, 0.3) is 6.08 Å². The summed E-state index contributed by atoms with van der Waals surface area (Å²) in [5.41, 5.74) is -0.381. The number of rotatable bonds is 9. The molecule has 10 nitrogen and oxygen atoms in total. The lowest BCUT2D eigenvalue weighted by Gasteiger charge is -2.40. The molecule has 8 atom stereocenters. The first-order valence-corrected chi connectivity index (χ1v) is 11.5. The summed E-state index contributed by atoms with van der Waals surface area (Å²) in [6, 6.07) is 9.30. The third-order valence-electron chi connectivity index (χ3n) is 6.49. The first-order valence-electron chi connectivity index (χ1n) is 11.5. The molecule has 1 heterocycles. The highest BCUT2D eigenvalue weighted by Crippen LogP contribution is 2.39. The molecule has 0 radical (unpaired) electrons. The minimum absolute atomic E-state index is 0.106. The number of aliphatic hydroxyl groups excluding tert-OH is 5. The number of hydrogen-bond donors (Lipinski definition) is 5. The van der Waals surface area contributed by atoms with Crippen LogP contribution in [0.2, 0.25) is 0 Å². The van der Waals surface area contributed by atoms with Crippen molar-refractivity contribution in [1.82, 2.24) is 0 Å². The summed E-state index contributed by atoms with van der Waals surface area (Å²) < 4.78 is 15.8. The number of carbonyl (C=O) groups excluding carboxylic acids is 2. The van der Waals surface area contributed by atoms with Crippen molar-refractivity contribution in [3.8, 4) is 0 Å². The zero-order valence-corrected chi connectivity index (χ0v) is 19.1. The Morgan fingerprint density at radius 1 is 1.11 bits per heavy atom. The summed E-state index contributed by atoms with van der Waals surface area (Å²) in [5, 5.41) is 49.6. The average Bonchev–Trinajstić information content (AvgIpc) is 2.88. The van der Waals surface area contributed by atoms with Crippen molar-refractivity contribution in [2.45, 2.75) is 56.1 Å². The molecular formula is C25H32O10. The molecule has 2 aliphatic rings. The van der Waals surface area contributed by atoms with Gasteiger partial charge in [-0.2, -0.15) is 0 Å². The van der Waals surface area contributed by atoms with Gasteiger partial charge in [-0.25, -0.2) is 4.79 Å². The molecule has 192 valence electrons. The molecule has 0 unspecified atom stereocenters. The van der Waals surface area contributed by atoms with Gasteiger partial charge in [-0.3, -0.25) is 0 Å². The fourth-order valence-electron chi connectivity index (χ4n) is 4.20. The molecule has 35 heavy (non-hydrogen) atoms. The second-order valence-corrected chi connectivity index (χ2v) is 8.90. The van der Waals surface area contributed by atoms with Gasteiger partial charge in [-0.1, -0.05) is 30.3 Å². The second kappa shape index (κ2) is 12.4. The minimum atomic E-state index is -1.59. The van der Waals surface area contributed by atoms with Gasteiger partial charge in [0.25, 0.3) is 0 Å². The summed E-state index contributed by atoms with van der Waals surface area (Å²) in [7, 11) is 0. The van der Waals surface area contributed by atoms with Crippen molar-refractivity contribution in [3.63, 3.8) is 0 Å². The lowest BCUT2D eigenvalue weighted by molar-refractivity contribution is -0.288. The first kappa shape index (κ1) is 27.0. The Bertz CT molecular complexity index is 885. The van der Waals surface area contributed by atoms with Crippen LogP contribution in [-0.2, 0) is 23.8 Å². The molecule has 0 amide bonds. The van der Waals surface area contributed by atoms with Crippen molar-refractivity contribution in [2.24, 2.45) is 11.3 Å². The summed E-state index contributed by atoms with van der Waals surface area (Å²) in [4.78, 5) is 23.9. The van der Waals surface area contributed by atoms with Crippen LogP contribution in [0, 0.1) is 11.3 Å². The summed E-state index contributed by atoms with van der Waals surface area (Å²) in [6.07, 6.45) is -1.21. The van der Waals surface area contributed by atoms with Crippen LogP contribution < -0.4 is 0 Å². The van der Waals surface area contributed by atoms with E-state index < -0.39 is 54.8 Å². The first-order chi connectivity index (χ1) is 16.8. The highest BCUT2D eigenvalue weighted by molar-refractivity contribution is 5.87. The third kappa shape index (κ3) is 6.75. The Balaban J connectivity index is 1.50. The van der Waals surface area contributed by atoms with E-state index in [9.17, 15) is 35.1 Å². The van der Waals surface area contributed by atoms with Gasteiger partial charge in [0, 0.05) is 6.08 Å². The summed E-state index contributed by atoms with van der Waals surface area (Å²) in [5.74, 6) is -0.629. The number of benzene rings is 1. The maximum Gasteiger partial charge on any atom is 0.330 e. The van der Waals surface area contributed by atoms with Crippen molar-refractivity contribution in [3.05, 3.63) is 54.3 Å². The summed E-state index contributed by atoms with van der Waals surface area (Å²) >= 11 is 0. The van der Waals surface area contributed by atoms with Crippen LogP contribution in [0.15, 0.2) is 48.7 Å². The van der Waals surface area contributed by atoms with Gasteiger partial charge in [-0.05, 0) is 42.9 Å². The second-order valence-electron chi connectivity index (χ2n) is 8.90. The fraction of sp³-hybridized carbons (Fsp3) is 0.520. The van der Waals surface area contributed by atoms with Gasteiger partial charge in [0.1, 0.15) is 30.7 Å². The molecule has 1 aliphatic carbocycles. The zero-order chi connectivity index (χ0) is 25.4. The number of aldehydes is 1. The molecule has 1 aromatic carbocycles. The standard InChI is InChI=1S/C25H32O10/c26-13-18-21(30)22(31)23(32)24(35-18)33-11-10-25(15-27)9-8-17(12-19(25)28)14-34-20(29)7-6-16-4-2-1-3-5-16/h1-7,10-11,15,17-19,21-24,26,28,30-32H,8-9,12-14H2/b7-6+,11-10-/t17-,18+,19-,21+,22-,23+,24+,25+/m0/s1. The van der Waals surface area contributed by atoms with E-state index in [-0.39, 0.29) is 25.4 Å². The molecule has 10 heteroatoms. The van der Waals surface area contributed by atoms with Gasteiger partial charge in [-0.15, -0.1) is 0 Å². The number of esters is 1. The lowest BCUT2D eigenvalue weighted by atomic mass is 9.69. The molecule has 3 rings (SSSR count).